The van der Waals surface area contributed by atoms with Crippen LogP contribution in [0.1, 0.15) is 46.2 Å². The number of ether oxygens (including phenoxy) is 2. The van der Waals surface area contributed by atoms with Crippen LogP contribution in [-0.4, -0.2) is 29.4 Å². The third-order valence-corrected chi connectivity index (χ3v) is 6.34. The molecular weight excluding hydrogens is 438 g/mol. The van der Waals surface area contributed by atoms with Crippen LogP contribution in [0.25, 0.3) is 0 Å². The van der Waals surface area contributed by atoms with Gasteiger partial charge >= 0.3 is 6.61 Å². The summed E-state index contributed by atoms with van der Waals surface area (Å²) in [5.74, 6) is 0.162. The van der Waals surface area contributed by atoms with E-state index in [0.29, 0.717) is 18.6 Å². The van der Waals surface area contributed by atoms with Gasteiger partial charge in [0.1, 0.15) is 5.01 Å². The minimum absolute atomic E-state index is 0.0179. The smallest absolute Gasteiger partial charge is 0.387 e. The molecule has 1 fully saturated rings. The number of benzene rings is 1. The fraction of sp³-hybridized carbons (Fsp3) is 0.391. The number of thiazole rings is 1. The van der Waals surface area contributed by atoms with Crippen molar-refractivity contribution in [1.29, 1.82) is 0 Å². The maximum Gasteiger partial charge on any atom is 0.387 e. The summed E-state index contributed by atoms with van der Waals surface area (Å²) >= 11 is 1.56. The molecule has 0 amide bonds. The van der Waals surface area contributed by atoms with E-state index in [2.05, 4.69) is 9.72 Å². The second-order valence-corrected chi connectivity index (χ2v) is 8.86. The van der Waals surface area contributed by atoms with Crippen LogP contribution in [0.4, 0.5) is 8.78 Å². The lowest BCUT2D eigenvalue weighted by Gasteiger charge is -2.18. The molecule has 1 atom stereocenters. The van der Waals surface area contributed by atoms with Gasteiger partial charge in [0.2, 0.25) is 0 Å². The molecule has 1 aliphatic rings. The average Bonchev–Trinajstić information content (AvgIpc) is 3.47. The van der Waals surface area contributed by atoms with Crippen LogP contribution in [0.2, 0.25) is 0 Å². The highest BCUT2D eigenvalue weighted by Crippen LogP contribution is 2.39. The standard InChI is InChI=1S/C23H24F2N2O4S/c24-23(25)31-20-6-3-16(13-21(20)30-17-4-5-17)19(12-15-7-9-27(29)10-8-15)22-26-14-18(32-22)2-1-11-28/h3,6-10,13-14,17,19,23,28H,1-2,4-5,11-12H2. The van der Waals surface area contributed by atoms with Gasteiger partial charge in [-0.1, -0.05) is 6.07 Å². The van der Waals surface area contributed by atoms with Crippen LogP contribution >= 0.6 is 11.3 Å². The van der Waals surface area contributed by atoms with Gasteiger partial charge in [-0.15, -0.1) is 11.3 Å². The predicted molar refractivity (Wildman–Crippen MR) is 115 cm³/mol. The Hall–Kier alpha value is -2.78. The molecule has 9 heteroatoms. The number of aromatic nitrogens is 2. The topological polar surface area (TPSA) is 78.5 Å². The third kappa shape index (κ3) is 5.92. The minimum Gasteiger partial charge on any atom is -0.619 e. The first-order valence-electron chi connectivity index (χ1n) is 10.5. The van der Waals surface area contributed by atoms with Crippen molar-refractivity contribution in [3.8, 4) is 11.5 Å². The molecule has 1 saturated carbocycles. The molecule has 2 aromatic heterocycles. The van der Waals surface area contributed by atoms with E-state index in [9.17, 15) is 14.0 Å². The highest BCUT2D eigenvalue weighted by atomic mass is 32.1. The summed E-state index contributed by atoms with van der Waals surface area (Å²) in [6, 6.07) is 8.55. The van der Waals surface area contributed by atoms with Crippen molar-refractivity contribution in [3.05, 3.63) is 75.1 Å². The maximum atomic E-state index is 12.9. The first kappa shape index (κ1) is 22.4. The van der Waals surface area contributed by atoms with Crippen LogP contribution in [-0.2, 0) is 12.8 Å². The molecule has 4 rings (SSSR count). The molecule has 0 spiro atoms. The number of aliphatic hydroxyl groups excluding tert-OH is 1. The number of aliphatic hydroxyl groups is 1. The van der Waals surface area contributed by atoms with E-state index in [0.717, 1.165) is 45.0 Å². The summed E-state index contributed by atoms with van der Waals surface area (Å²) in [5, 5.41) is 21.4. The van der Waals surface area contributed by atoms with Crippen molar-refractivity contribution >= 4 is 11.3 Å². The van der Waals surface area contributed by atoms with Crippen molar-refractivity contribution in [2.75, 3.05) is 6.61 Å². The van der Waals surface area contributed by atoms with Crippen molar-refractivity contribution in [2.45, 2.75) is 50.7 Å². The lowest BCUT2D eigenvalue weighted by molar-refractivity contribution is -0.605. The Morgan fingerprint density at radius 3 is 2.66 bits per heavy atom. The number of halogens is 2. The van der Waals surface area contributed by atoms with Gasteiger partial charge in [0.15, 0.2) is 23.9 Å². The zero-order valence-electron chi connectivity index (χ0n) is 17.3. The van der Waals surface area contributed by atoms with Gasteiger partial charge in [-0.25, -0.2) is 4.98 Å². The van der Waals surface area contributed by atoms with Crippen molar-refractivity contribution < 1.29 is 28.1 Å². The first-order valence-corrected chi connectivity index (χ1v) is 11.3. The van der Waals surface area contributed by atoms with Crippen LogP contribution in [0, 0.1) is 5.21 Å². The Bertz CT molecular complexity index is 1030. The number of hydrogen-bond acceptors (Lipinski definition) is 6. The second-order valence-electron chi connectivity index (χ2n) is 7.72. The molecule has 1 N–H and O–H groups in total. The molecule has 0 aliphatic heterocycles. The summed E-state index contributed by atoms with van der Waals surface area (Å²) in [4.78, 5) is 5.68. The van der Waals surface area contributed by atoms with E-state index in [1.54, 1.807) is 35.6 Å². The van der Waals surface area contributed by atoms with Gasteiger partial charge in [-0.3, -0.25) is 0 Å². The van der Waals surface area contributed by atoms with Crippen LogP contribution < -0.4 is 14.2 Å². The summed E-state index contributed by atoms with van der Waals surface area (Å²) in [6.45, 7) is -2.82. The number of aryl methyl sites for hydroxylation is 1. The van der Waals surface area contributed by atoms with E-state index < -0.39 is 6.61 Å². The normalized spacial score (nSPS) is 14.5. The summed E-state index contributed by atoms with van der Waals surface area (Å²) < 4.78 is 37.0. The van der Waals surface area contributed by atoms with Gasteiger partial charge < -0.3 is 19.8 Å². The summed E-state index contributed by atoms with van der Waals surface area (Å²) in [5.41, 5.74) is 1.82. The van der Waals surface area contributed by atoms with E-state index in [1.165, 1.54) is 18.5 Å². The maximum absolute atomic E-state index is 12.9. The molecule has 32 heavy (non-hydrogen) atoms. The number of alkyl halides is 2. The zero-order chi connectivity index (χ0) is 22.5. The monoisotopic (exact) mass is 462 g/mol. The molecule has 3 aromatic rings. The highest BCUT2D eigenvalue weighted by Gasteiger charge is 2.27. The van der Waals surface area contributed by atoms with Gasteiger partial charge in [0.25, 0.3) is 0 Å². The number of rotatable bonds is 11. The van der Waals surface area contributed by atoms with Crippen LogP contribution in [0.5, 0.6) is 11.5 Å². The van der Waals surface area contributed by atoms with Crippen molar-refractivity contribution in [2.24, 2.45) is 0 Å². The second kappa shape index (κ2) is 10.2. The Morgan fingerprint density at radius 2 is 1.97 bits per heavy atom. The van der Waals surface area contributed by atoms with E-state index >= 15 is 0 Å². The number of pyridine rings is 1. The van der Waals surface area contributed by atoms with Crippen LogP contribution in [0.15, 0.2) is 48.9 Å². The Labute approximate surface area is 188 Å². The predicted octanol–water partition coefficient (Wildman–Crippen LogP) is 4.22. The first-order chi connectivity index (χ1) is 15.5. The molecule has 6 nitrogen and oxygen atoms in total. The fourth-order valence-corrected chi connectivity index (χ4v) is 4.50. The van der Waals surface area contributed by atoms with Gasteiger partial charge in [-0.05, 0) is 55.4 Å². The van der Waals surface area contributed by atoms with Crippen LogP contribution in [0.3, 0.4) is 0 Å². The molecule has 1 aliphatic carbocycles. The summed E-state index contributed by atoms with van der Waals surface area (Å²) in [7, 11) is 0. The molecule has 0 bridgehead atoms. The molecule has 2 heterocycles. The molecule has 1 unspecified atom stereocenters. The number of hydrogen-bond donors (Lipinski definition) is 1. The largest absolute Gasteiger partial charge is 0.619 e. The van der Waals surface area contributed by atoms with E-state index in [-0.39, 0.29) is 24.4 Å². The minimum atomic E-state index is -2.94. The highest BCUT2D eigenvalue weighted by molar-refractivity contribution is 7.11. The van der Waals surface area contributed by atoms with Crippen molar-refractivity contribution in [3.63, 3.8) is 0 Å². The van der Waals surface area contributed by atoms with Gasteiger partial charge in [0.05, 0.1) is 6.10 Å². The molecule has 170 valence electrons. The SMILES string of the molecule is [O-][n+]1ccc(CC(c2ccc(OC(F)F)c(OC3CC3)c2)c2ncc(CCCO)s2)cc1. The Kier molecular flexibility index (Phi) is 7.16. The molecular formula is C23H24F2N2O4S. The molecule has 0 saturated heterocycles. The van der Waals surface area contributed by atoms with Crippen molar-refractivity contribution in [1.82, 2.24) is 4.98 Å². The zero-order valence-corrected chi connectivity index (χ0v) is 18.1. The molecule has 1 aromatic carbocycles. The number of nitrogens with zero attached hydrogens (tertiary/aromatic N) is 2. The van der Waals surface area contributed by atoms with Gasteiger partial charge in [0, 0.05) is 35.7 Å². The fourth-order valence-electron chi connectivity index (χ4n) is 3.41. The summed E-state index contributed by atoms with van der Waals surface area (Å²) in [6.07, 6.45) is 8.48. The van der Waals surface area contributed by atoms with Gasteiger partial charge in [-0.2, -0.15) is 13.5 Å². The third-order valence-electron chi connectivity index (χ3n) is 5.17. The van der Waals surface area contributed by atoms with E-state index in [1.807, 2.05) is 6.20 Å². The lowest BCUT2D eigenvalue weighted by Crippen LogP contribution is -2.24. The Balaban J connectivity index is 1.67. The lowest BCUT2D eigenvalue weighted by atomic mass is 9.92. The molecule has 0 radical (unpaired) electrons. The average molecular weight is 463 g/mol. The quantitative estimate of drug-likeness (QED) is 0.341. The Morgan fingerprint density at radius 1 is 1.19 bits per heavy atom. The van der Waals surface area contributed by atoms with E-state index in [4.69, 9.17) is 9.84 Å².